The summed E-state index contributed by atoms with van der Waals surface area (Å²) in [7, 11) is -7.43. The highest BCUT2D eigenvalue weighted by molar-refractivity contribution is 7.93. The lowest BCUT2D eigenvalue weighted by Crippen LogP contribution is -2.28. The Kier molecular flexibility index (Phi) is 6.11. The molecule has 3 rings (SSSR count). The monoisotopic (exact) mass is 424 g/mol. The van der Waals surface area contributed by atoms with Gasteiger partial charge in [0.2, 0.25) is 10.0 Å². The van der Waals surface area contributed by atoms with Crippen molar-refractivity contribution in [3.05, 3.63) is 48.5 Å². The Morgan fingerprint density at radius 1 is 0.893 bits per heavy atom. The van der Waals surface area contributed by atoms with Crippen LogP contribution in [0, 0.1) is 0 Å². The Morgan fingerprint density at radius 3 is 2.36 bits per heavy atom. The number of nitrogens with one attached hydrogen (secondary N) is 3. The van der Waals surface area contributed by atoms with Crippen LogP contribution in [0.15, 0.2) is 53.4 Å². The summed E-state index contributed by atoms with van der Waals surface area (Å²) >= 11 is 0. The van der Waals surface area contributed by atoms with Gasteiger partial charge in [-0.25, -0.2) is 16.8 Å². The van der Waals surface area contributed by atoms with E-state index in [4.69, 9.17) is 0 Å². The quantitative estimate of drug-likeness (QED) is 0.651. The minimum Gasteiger partial charge on any atom is -0.370 e. The van der Waals surface area contributed by atoms with E-state index in [0.717, 1.165) is 44.5 Å². The van der Waals surface area contributed by atoms with Crippen molar-refractivity contribution in [2.24, 2.45) is 0 Å². The molecule has 1 heterocycles. The number of anilines is 3. The van der Waals surface area contributed by atoms with Gasteiger partial charge >= 0.3 is 0 Å². The molecule has 1 aliphatic heterocycles. The fourth-order valence-corrected chi connectivity index (χ4v) is 4.68. The summed E-state index contributed by atoms with van der Waals surface area (Å²) in [5, 5.41) is 3.32. The second-order valence-electron chi connectivity index (χ2n) is 6.61. The molecule has 1 fully saturated rings. The Hall–Kier alpha value is -2.30. The molecule has 152 valence electrons. The standard InChI is InChI=1S/C18H24N4O4S2/c1-27(23,24)20-18-14-15(22-12-5-10-19-11-13-22)8-9-17(18)21-28(25,26)16-6-3-2-4-7-16/h2-4,6-9,14,19-21H,5,10-13H2,1H3. The summed E-state index contributed by atoms with van der Waals surface area (Å²) in [6, 6.07) is 13.0. The maximum absolute atomic E-state index is 12.6. The molecule has 3 N–H and O–H groups in total. The van der Waals surface area contributed by atoms with E-state index in [-0.39, 0.29) is 16.3 Å². The Labute approximate surface area is 166 Å². The normalized spacial score (nSPS) is 15.7. The number of benzene rings is 2. The largest absolute Gasteiger partial charge is 0.370 e. The van der Waals surface area contributed by atoms with Crippen LogP contribution in [0.2, 0.25) is 0 Å². The molecule has 0 bridgehead atoms. The molecular weight excluding hydrogens is 400 g/mol. The van der Waals surface area contributed by atoms with Crippen LogP contribution in [0.25, 0.3) is 0 Å². The lowest BCUT2D eigenvalue weighted by molar-refractivity contribution is 0.600. The smallest absolute Gasteiger partial charge is 0.261 e. The zero-order valence-corrected chi connectivity index (χ0v) is 17.2. The van der Waals surface area contributed by atoms with Gasteiger partial charge in [0.1, 0.15) is 0 Å². The molecule has 0 spiro atoms. The average Bonchev–Trinajstić information content (AvgIpc) is 2.92. The van der Waals surface area contributed by atoms with Crippen LogP contribution in [0.1, 0.15) is 6.42 Å². The van der Waals surface area contributed by atoms with Gasteiger partial charge < -0.3 is 10.2 Å². The molecule has 8 nitrogen and oxygen atoms in total. The minimum absolute atomic E-state index is 0.1000. The van der Waals surface area contributed by atoms with Gasteiger partial charge in [0.05, 0.1) is 22.5 Å². The lowest BCUT2D eigenvalue weighted by Gasteiger charge is -2.24. The maximum Gasteiger partial charge on any atom is 0.261 e. The van der Waals surface area contributed by atoms with E-state index < -0.39 is 20.0 Å². The van der Waals surface area contributed by atoms with Gasteiger partial charge in [-0.2, -0.15) is 0 Å². The first-order chi connectivity index (χ1) is 13.2. The maximum atomic E-state index is 12.6. The van der Waals surface area contributed by atoms with Crippen LogP contribution in [-0.2, 0) is 20.0 Å². The van der Waals surface area contributed by atoms with E-state index in [2.05, 4.69) is 19.7 Å². The summed E-state index contributed by atoms with van der Waals surface area (Å²) in [6.45, 7) is 3.38. The first-order valence-corrected chi connectivity index (χ1v) is 12.3. The molecule has 2 aromatic carbocycles. The van der Waals surface area contributed by atoms with Gasteiger partial charge in [-0.1, -0.05) is 18.2 Å². The molecule has 0 amide bonds. The minimum atomic E-state index is -3.84. The van der Waals surface area contributed by atoms with Gasteiger partial charge in [-0.3, -0.25) is 9.44 Å². The van der Waals surface area contributed by atoms with Crippen molar-refractivity contribution in [1.29, 1.82) is 0 Å². The third-order valence-electron chi connectivity index (χ3n) is 4.30. The topological polar surface area (TPSA) is 108 Å². The van der Waals surface area contributed by atoms with E-state index in [1.165, 1.54) is 12.1 Å². The predicted octanol–water partition coefficient (Wildman–Crippen LogP) is 1.66. The molecule has 0 atom stereocenters. The molecule has 0 aliphatic carbocycles. The summed E-state index contributed by atoms with van der Waals surface area (Å²) in [6.07, 6.45) is 2.00. The number of rotatable bonds is 6. The predicted molar refractivity (Wildman–Crippen MR) is 112 cm³/mol. The number of sulfonamides is 2. The highest BCUT2D eigenvalue weighted by Crippen LogP contribution is 2.30. The van der Waals surface area contributed by atoms with Crippen LogP contribution in [0.4, 0.5) is 17.1 Å². The second kappa shape index (κ2) is 8.38. The van der Waals surface area contributed by atoms with Crippen LogP contribution < -0.4 is 19.7 Å². The summed E-state index contributed by atoms with van der Waals surface area (Å²) in [5.74, 6) is 0. The first-order valence-electron chi connectivity index (χ1n) is 8.90. The molecule has 2 aromatic rings. The van der Waals surface area contributed by atoms with Gasteiger partial charge in [-0.05, 0) is 43.3 Å². The molecule has 10 heteroatoms. The summed E-state index contributed by atoms with van der Waals surface area (Å²) in [5.41, 5.74) is 1.19. The van der Waals surface area contributed by atoms with Crippen molar-refractivity contribution >= 4 is 37.1 Å². The van der Waals surface area contributed by atoms with E-state index >= 15 is 0 Å². The molecule has 0 radical (unpaired) electrons. The number of hydrogen-bond acceptors (Lipinski definition) is 6. The van der Waals surface area contributed by atoms with Gasteiger partial charge in [0, 0.05) is 25.3 Å². The van der Waals surface area contributed by atoms with Crippen LogP contribution >= 0.6 is 0 Å². The first kappa shape index (κ1) is 20.4. The summed E-state index contributed by atoms with van der Waals surface area (Å²) in [4.78, 5) is 2.24. The van der Waals surface area contributed by atoms with Crippen molar-refractivity contribution in [2.45, 2.75) is 11.3 Å². The second-order valence-corrected chi connectivity index (χ2v) is 10.0. The number of nitrogens with zero attached hydrogens (tertiary/aromatic N) is 1. The molecule has 0 saturated carbocycles. The highest BCUT2D eigenvalue weighted by Gasteiger charge is 2.19. The highest BCUT2D eigenvalue weighted by atomic mass is 32.2. The van der Waals surface area contributed by atoms with Crippen molar-refractivity contribution in [2.75, 3.05) is 46.8 Å². The molecule has 1 aliphatic rings. The van der Waals surface area contributed by atoms with Crippen LogP contribution in [0.5, 0.6) is 0 Å². The van der Waals surface area contributed by atoms with E-state index in [1.54, 1.807) is 36.4 Å². The van der Waals surface area contributed by atoms with E-state index in [9.17, 15) is 16.8 Å². The van der Waals surface area contributed by atoms with E-state index in [0.29, 0.717) is 0 Å². The fourth-order valence-electron chi connectivity index (χ4n) is 3.01. The van der Waals surface area contributed by atoms with Gasteiger partial charge in [0.25, 0.3) is 10.0 Å². The Bertz CT molecular complexity index is 1020. The summed E-state index contributed by atoms with van der Waals surface area (Å²) < 4.78 is 53.8. The zero-order chi connectivity index (χ0) is 20.2. The molecule has 1 saturated heterocycles. The van der Waals surface area contributed by atoms with Crippen LogP contribution in [0.3, 0.4) is 0 Å². The Morgan fingerprint density at radius 2 is 1.64 bits per heavy atom. The third-order valence-corrected chi connectivity index (χ3v) is 6.27. The average molecular weight is 425 g/mol. The molecular formula is C18H24N4O4S2. The fraction of sp³-hybridized carbons (Fsp3) is 0.333. The zero-order valence-electron chi connectivity index (χ0n) is 15.6. The van der Waals surface area contributed by atoms with Crippen molar-refractivity contribution in [3.8, 4) is 0 Å². The van der Waals surface area contributed by atoms with Crippen LogP contribution in [-0.4, -0.2) is 49.3 Å². The van der Waals surface area contributed by atoms with E-state index in [1.807, 2.05) is 0 Å². The molecule has 28 heavy (non-hydrogen) atoms. The third kappa shape index (κ3) is 5.37. The lowest BCUT2D eigenvalue weighted by atomic mass is 10.2. The number of hydrogen-bond donors (Lipinski definition) is 3. The Balaban J connectivity index is 1.95. The van der Waals surface area contributed by atoms with Crippen molar-refractivity contribution in [3.63, 3.8) is 0 Å². The SMILES string of the molecule is CS(=O)(=O)Nc1cc(N2CCCNCC2)ccc1NS(=O)(=O)c1ccccc1. The molecule has 0 aromatic heterocycles. The van der Waals surface area contributed by atoms with Gasteiger partial charge in [-0.15, -0.1) is 0 Å². The van der Waals surface area contributed by atoms with Crippen molar-refractivity contribution in [1.82, 2.24) is 5.32 Å². The van der Waals surface area contributed by atoms with Crippen molar-refractivity contribution < 1.29 is 16.8 Å². The molecule has 0 unspecified atom stereocenters. The van der Waals surface area contributed by atoms with Gasteiger partial charge in [0.15, 0.2) is 0 Å².